The Hall–Kier alpha value is -2.89. The molecule has 140 valence electrons. The van der Waals surface area contributed by atoms with Crippen LogP contribution in [-0.4, -0.2) is 24.9 Å². The maximum Gasteiger partial charge on any atom is 0.257 e. The summed E-state index contributed by atoms with van der Waals surface area (Å²) >= 11 is 0. The zero-order valence-electron chi connectivity index (χ0n) is 15.0. The van der Waals surface area contributed by atoms with Crippen molar-refractivity contribution in [3.63, 3.8) is 0 Å². The molecule has 5 nitrogen and oxygen atoms in total. The number of amides is 2. The van der Waals surface area contributed by atoms with Gasteiger partial charge < -0.3 is 4.90 Å². The molecule has 2 N–H and O–H groups in total. The molecule has 0 bridgehead atoms. The average Bonchev–Trinajstić information content (AvgIpc) is 3.48. The highest BCUT2D eigenvalue weighted by Gasteiger charge is 2.44. The highest BCUT2D eigenvalue weighted by atomic mass is 19.1. The van der Waals surface area contributed by atoms with Gasteiger partial charge in [-0.05, 0) is 54.5 Å². The summed E-state index contributed by atoms with van der Waals surface area (Å²) in [5, 5.41) is 0. The number of hydrogen-bond donors (Lipinski definition) is 2. The van der Waals surface area contributed by atoms with Gasteiger partial charge in [-0.2, -0.15) is 0 Å². The predicted octanol–water partition coefficient (Wildman–Crippen LogP) is 2.53. The third-order valence-corrected chi connectivity index (χ3v) is 5.29. The Kier molecular flexibility index (Phi) is 4.79. The lowest BCUT2D eigenvalue weighted by molar-refractivity contribution is -0.129. The van der Waals surface area contributed by atoms with Crippen molar-refractivity contribution >= 4 is 17.5 Å². The molecule has 2 aromatic carbocycles. The number of hydrogen-bond acceptors (Lipinski definition) is 3. The molecular weight excluding hydrogens is 345 g/mol. The molecule has 2 atom stereocenters. The summed E-state index contributed by atoms with van der Waals surface area (Å²) in [5.41, 5.74) is 8.34. The first-order valence-corrected chi connectivity index (χ1v) is 9.29. The summed E-state index contributed by atoms with van der Waals surface area (Å²) in [6.07, 6.45) is 2.75. The third kappa shape index (κ3) is 3.94. The highest BCUT2D eigenvalue weighted by molar-refractivity contribution is 5.87. The van der Waals surface area contributed by atoms with Crippen molar-refractivity contribution in [3.05, 3.63) is 65.5 Å². The first-order chi connectivity index (χ1) is 13.1. The fourth-order valence-corrected chi connectivity index (χ4v) is 3.78. The molecular formula is C21H22FN3O2. The number of nitrogens with one attached hydrogen (secondary N) is 2. The Balaban J connectivity index is 1.27. The lowest BCUT2D eigenvalue weighted by Crippen LogP contribution is -2.48. The van der Waals surface area contributed by atoms with Gasteiger partial charge in [0.15, 0.2) is 0 Å². The first kappa shape index (κ1) is 17.5. The van der Waals surface area contributed by atoms with Crippen LogP contribution < -0.4 is 15.8 Å². The van der Waals surface area contributed by atoms with E-state index in [0.29, 0.717) is 6.42 Å². The molecule has 0 spiro atoms. The summed E-state index contributed by atoms with van der Waals surface area (Å²) in [7, 11) is 0. The largest absolute Gasteiger partial charge is 0.362 e. The molecule has 27 heavy (non-hydrogen) atoms. The van der Waals surface area contributed by atoms with Crippen LogP contribution in [0, 0.1) is 11.7 Å². The van der Waals surface area contributed by atoms with Gasteiger partial charge in [-0.25, -0.2) is 4.39 Å². The minimum atomic E-state index is -0.285. The van der Waals surface area contributed by atoms with Crippen molar-refractivity contribution in [3.8, 4) is 0 Å². The summed E-state index contributed by atoms with van der Waals surface area (Å²) in [6.45, 7) is 1.04. The van der Waals surface area contributed by atoms with Crippen molar-refractivity contribution in [2.24, 2.45) is 5.92 Å². The van der Waals surface area contributed by atoms with E-state index in [1.165, 1.54) is 17.7 Å². The van der Waals surface area contributed by atoms with Crippen molar-refractivity contribution in [2.45, 2.75) is 25.2 Å². The van der Waals surface area contributed by atoms with Gasteiger partial charge in [0.2, 0.25) is 5.91 Å². The number of para-hydroxylation sites is 1. The summed E-state index contributed by atoms with van der Waals surface area (Å²) in [4.78, 5) is 26.5. The van der Waals surface area contributed by atoms with E-state index in [-0.39, 0.29) is 36.0 Å². The van der Waals surface area contributed by atoms with Crippen molar-refractivity contribution < 1.29 is 14.0 Å². The minimum absolute atomic E-state index is 0.0940. The first-order valence-electron chi connectivity index (χ1n) is 9.29. The van der Waals surface area contributed by atoms with E-state index in [1.807, 2.05) is 23.1 Å². The maximum atomic E-state index is 13.0. The van der Waals surface area contributed by atoms with Crippen LogP contribution in [0.15, 0.2) is 48.5 Å². The molecule has 1 heterocycles. The molecule has 2 amide bonds. The molecule has 1 fully saturated rings. The van der Waals surface area contributed by atoms with E-state index < -0.39 is 0 Å². The number of hydrazine groups is 1. The third-order valence-electron chi connectivity index (χ3n) is 5.29. The molecule has 1 aliphatic carbocycles. The Labute approximate surface area is 157 Å². The van der Waals surface area contributed by atoms with Crippen LogP contribution in [0.4, 0.5) is 10.1 Å². The molecule has 2 aromatic rings. The number of anilines is 1. The number of aryl methyl sites for hydroxylation is 1. The van der Waals surface area contributed by atoms with Crippen LogP contribution in [0.1, 0.15) is 29.9 Å². The maximum absolute atomic E-state index is 13.0. The Morgan fingerprint density at radius 1 is 1.07 bits per heavy atom. The number of carbonyl (C=O) groups excluding carboxylic acids is 2. The van der Waals surface area contributed by atoms with E-state index in [1.54, 1.807) is 12.1 Å². The van der Waals surface area contributed by atoms with Gasteiger partial charge in [-0.1, -0.05) is 30.3 Å². The highest BCUT2D eigenvalue weighted by Crippen LogP contribution is 2.47. The summed E-state index contributed by atoms with van der Waals surface area (Å²) in [5.74, 6) is -0.800. The van der Waals surface area contributed by atoms with Gasteiger partial charge in [-0.15, -0.1) is 0 Å². The van der Waals surface area contributed by atoms with Crippen LogP contribution >= 0.6 is 0 Å². The molecule has 2 aliphatic rings. The second kappa shape index (κ2) is 7.39. The van der Waals surface area contributed by atoms with Crippen LogP contribution in [0.2, 0.25) is 0 Å². The Morgan fingerprint density at radius 2 is 1.85 bits per heavy atom. The molecule has 4 rings (SSSR count). The van der Waals surface area contributed by atoms with Crippen LogP contribution in [0.3, 0.4) is 0 Å². The van der Waals surface area contributed by atoms with Gasteiger partial charge in [0.05, 0.1) is 6.54 Å². The molecule has 2 unspecified atom stereocenters. The van der Waals surface area contributed by atoms with E-state index >= 15 is 0 Å². The lowest BCUT2D eigenvalue weighted by Gasteiger charge is -2.30. The molecule has 0 radical (unpaired) electrons. The molecule has 0 aromatic heterocycles. The Morgan fingerprint density at radius 3 is 2.67 bits per heavy atom. The predicted molar refractivity (Wildman–Crippen MR) is 101 cm³/mol. The summed E-state index contributed by atoms with van der Waals surface area (Å²) in [6, 6.07) is 14.3. The van der Waals surface area contributed by atoms with Crippen molar-refractivity contribution in [2.75, 3.05) is 18.0 Å². The second-order valence-electron chi connectivity index (χ2n) is 7.19. The van der Waals surface area contributed by atoms with Gasteiger partial charge in [0, 0.05) is 18.2 Å². The monoisotopic (exact) mass is 367 g/mol. The molecule has 0 saturated heterocycles. The van der Waals surface area contributed by atoms with Crippen molar-refractivity contribution in [1.82, 2.24) is 10.9 Å². The molecule has 6 heteroatoms. The summed E-state index contributed by atoms with van der Waals surface area (Å²) < 4.78 is 13.0. The second-order valence-corrected chi connectivity index (χ2v) is 7.19. The van der Waals surface area contributed by atoms with Crippen LogP contribution in [0.5, 0.6) is 0 Å². The van der Waals surface area contributed by atoms with Crippen LogP contribution in [-0.2, 0) is 16.0 Å². The fraction of sp³-hybridized carbons (Fsp3) is 0.333. The van der Waals surface area contributed by atoms with Gasteiger partial charge in [0.1, 0.15) is 5.82 Å². The molecule has 1 saturated carbocycles. The normalized spacial score (nSPS) is 20.6. The zero-order valence-corrected chi connectivity index (χ0v) is 15.0. The standard InChI is InChI=1S/C21H22FN3O2/c22-16-9-7-14(8-10-16)17-12-18(17)21(27)24-23-20(26)13-25-11-3-5-15-4-1-2-6-19(15)25/h1-2,4,6-10,17-18H,3,5,11-13H2,(H,23,26)(H,24,27). The molecule has 1 aliphatic heterocycles. The zero-order chi connectivity index (χ0) is 18.8. The number of fused-ring (bicyclic) bond motifs is 1. The number of carbonyl (C=O) groups is 2. The van der Waals surface area contributed by atoms with Gasteiger partial charge in [-0.3, -0.25) is 20.4 Å². The minimum Gasteiger partial charge on any atom is -0.362 e. The fourth-order valence-electron chi connectivity index (χ4n) is 3.78. The van der Waals surface area contributed by atoms with E-state index in [9.17, 15) is 14.0 Å². The van der Waals surface area contributed by atoms with E-state index in [4.69, 9.17) is 0 Å². The lowest BCUT2D eigenvalue weighted by atomic mass is 10.0. The van der Waals surface area contributed by atoms with E-state index in [0.717, 1.165) is 30.6 Å². The van der Waals surface area contributed by atoms with Crippen molar-refractivity contribution in [1.29, 1.82) is 0 Å². The van der Waals surface area contributed by atoms with Gasteiger partial charge >= 0.3 is 0 Å². The SMILES string of the molecule is O=C(CN1CCCc2ccccc21)NNC(=O)C1CC1c1ccc(F)cc1. The van der Waals surface area contributed by atoms with E-state index in [2.05, 4.69) is 16.9 Å². The quantitative estimate of drug-likeness (QED) is 0.817. The smallest absolute Gasteiger partial charge is 0.257 e. The number of nitrogens with zero attached hydrogens (tertiary/aromatic N) is 1. The number of benzene rings is 2. The van der Waals surface area contributed by atoms with Crippen LogP contribution in [0.25, 0.3) is 0 Å². The Bertz CT molecular complexity index is 853. The number of rotatable bonds is 4. The topological polar surface area (TPSA) is 61.4 Å². The number of halogens is 1. The van der Waals surface area contributed by atoms with Gasteiger partial charge in [0.25, 0.3) is 5.91 Å². The average molecular weight is 367 g/mol.